The molecule has 1 saturated heterocycles. The van der Waals surface area contributed by atoms with E-state index in [1.54, 1.807) is 6.92 Å². The minimum atomic E-state index is -0.632. The van der Waals surface area contributed by atoms with E-state index < -0.39 is 18.0 Å². The van der Waals surface area contributed by atoms with E-state index in [-0.39, 0.29) is 18.2 Å². The van der Waals surface area contributed by atoms with Crippen LogP contribution in [0.5, 0.6) is 0 Å². The first-order chi connectivity index (χ1) is 7.04. The van der Waals surface area contributed by atoms with Crippen molar-refractivity contribution in [2.75, 3.05) is 0 Å². The van der Waals surface area contributed by atoms with Crippen molar-refractivity contribution in [2.45, 2.75) is 38.3 Å². The molecule has 1 heterocycles. The lowest BCUT2D eigenvalue weighted by molar-refractivity contribution is -0.137. The van der Waals surface area contributed by atoms with E-state index in [4.69, 9.17) is 5.73 Å². The van der Waals surface area contributed by atoms with Crippen LogP contribution in [0.4, 0.5) is 0 Å². The standard InChI is InChI=1S/C9H15N3O3/c1-2-5(10)8(14)11-6-3-4-7(13)12-9(6)15/h5-6H,2-4,10H2,1H3,(H,11,14)(H,12,13,15)/t5-,6?/m1/s1. The number of carbonyl (C=O) groups excluding carboxylic acids is 3. The first-order valence-electron chi connectivity index (χ1n) is 4.94. The summed E-state index contributed by atoms with van der Waals surface area (Å²) in [6.07, 6.45) is 1.10. The van der Waals surface area contributed by atoms with E-state index in [1.165, 1.54) is 0 Å². The second-order valence-electron chi connectivity index (χ2n) is 3.53. The molecular formula is C9H15N3O3. The normalized spacial score (nSPS) is 23.2. The van der Waals surface area contributed by atoms with Gasteiger partial charge in [0.05, 0.1) is 6.04 Å². The van der Waals surface area contributed by atoms with Crippen LogP contribution < -0.4 is 16.4 Å². The molecule has 0 saturated carbocycles. The fourth-order valence-electron chi connectivity index (χ4n) is 1.30. The fraction of sp³-hybridized carbons (Fsp3) is 0.667. The van der Waals surface area contributed by atoms with E-state index in [9.17, 15) is 14.4 Å². The number of piperidine rings is 1. The molecule has 0 aliphatic carbocycles. The van der Waals surface area contributed by atoms with Crippen LogP contribution >= 0.6 is 0 Å². The lowest BCUT2D eigenvalue weighted by Gasteiger charge is -2.23. The highest BCUT2D eigenvalue weighted by atomic mass is 16.2. The van der Waals surface area contributed by atoms with Gasteiger partial charge in [-0.15, -0.1) is 0 Å². The van der Waals surface area contributed by atoms with Gasteiger partial charge in [0.15, 0.2) is 0 Å². The van der Waals surface area contributed by atoms with Gasteiger partial charge in [0, 0.05) is 6.42 Å². The van der Waals surface area contributed by atoms with E-state index in [2.05, 4.69) is 10.6 Å². The molecule has 15 heavy (non-hydrogen) atoms. The maximum atomic E-state index is 11.4. The van der Waals surface area contributed by atoms with Gasteiger partial charge >= 0.3 is 0 Å². The molecule has 0 bridgehead atoms. The summed E-state index contributed by atoms with van der Waals surface area (Å²) in [6.45, 7) is 1.79. The Labute approximate surface area is 87.6 Å². The maximum absolute atomic E-state index is 11.4. The molecule has 1 aliphatic rings. The molecule has 1 unspecified atom stereocenters. The highest BCUT2D eigenvalue weighted by Crippen LogP contribution is 2.04. The number of rotatable bonds is 3. The summed E-state index contributed by atoms with van der Waals surface area (Å²) in [5, 5.41) is 4.67. The molecule has 0 aromatic heterocycles. The monoisotopic (exact) mass is 213 g/mol. The molecule has 0 radical (unpaired) electrons. The molecule has 1 fully saturated rings. The van der Waals surface area contributed by atoms with Crippen molar-refractivity contribution in [3.05, 3.63) is 0 Å². The Balaban J connectivity index is 2.48. The molecule has 0 spiro atoms. The first-order valence-corrected chi connectivity index (χ1v) is 4.94. The van der Waals surface area contributed by atoms with Crippen LogP contribution in [-0.2, 0) is 14.4 Å². The quantitative estimate of drug-likeness (QED) is 0.504. The zero-order valence-corrected chi connectivity index (χ0v) is 8.58. The van der Waals surface area contributed by atoms with Crippen LogP contribution in [0.3, 0.4) is 0 Å². The molecular weight excluding hydrogens is 198 g/mol. The van der Waals surface area contributed by atoms with Gasteiger partial charge < -0.3 is 11.1 Å². The van der Waals surface area contributed by atoms with Gasteiger partial charge in [0.1, 0.15) is 6.04 Å². The van der Waals surface area contributed by atoms with Crippen molar-refractivity contribution < 1.29 is 14.4 Å². The third-order valence-electron chi connectivity index (χ3n) is 2.33. The maximum Gasteiger partial charge on any atom is 0.249 e. The summed E-state index contributed by atoms with van der Waals surface area (Å²) < 4.78 is 0. The Hall–Kier alpha value is -1.43. The molecule has 2 atom stereocenters. The second kappa shape index (κ2) is 4.88. The third-order valence-corrected chi connectivity index (χ3v) is 2.33. The zero-order valence-electron chi connectivity index (χ0n) is 8.58. The highest BCUT2D eigenvalue weighted by molar-refractivity contribution is 6.01. The molecule has 1 rings (SSSR count). The first kappa shape index (κ1) is 11.6. The van der Waals surface area contributed by atoms with E-state index in [0.717, 1.165) is 0 Å². The molecule has 6 heteroatoms. The second-order valence-corrected chi connectivity index (χ2v) is 3.53. The van der Waals surface area contributed by atoms with Crippen LogP contribution in [0.15, 0.2) is 0 Å². The summed E-state index contributed by atoms with van der Waals surface area (Å²) in [6, 6.07) is -1.23. The molecule has 4 N–H and O–H groups in total. The topological polar surface area (TPSA) is 101 Å². The Morgan fingerprint density at radius 2 is 2.33 bits per heavy atom. The molecule has 84 valence electrons. The molecule has 0 aromatic carbocycles. The van der Waals surface area contributed by atoms with Crippen LogP contribution in [0.2, 0.25) is 0 Å². The third kappa shape index (κ3) is 3.02. The average Bonchev–Trinajstić information content (AvgIpc) is 2.20. The van der Waals surface area contributed by atoms with Crippen molar-refractivity contribution in [1.82, 2.24) is 10.6 Å². The van der Waals surface area contributed by atoms with Gasteiger partial charge in [0.2, 0.25) is 17.7 Å². The average molecular weight is 213 g/mol. The van der Waals surface area contributed by atoms with Crippen LogP contribution in [0.25, 0.3) is 0 Å². The van der Waals surface area contributed by atoms with Crippen LogP contribution in [-0.4, -0.2) is 29.8 Å². The smallest absolute Gasteiger partial charge is 0.249 e. The Morgan fingerprint density at radius 1 is 1.67 bits per heavy atom. The van der Waals surface area contributed by atoms with Crippen molar-refractivity contribution in [3.63, 3.8) is 0 Å². The lowest BCUT2D eigenvalue weighted by atomic mass is 10.1. The summed E-state index contributed by atoms with van der Waals surface area (Å²) in [5.41, 5.74) is 5.50. The van der Waals surface area contributed by atoms with Gasteiger partial charge in [-0.05, 0) is 12.8 Å². The molecule has 6 nitrogen and oxygen atoms in total. The Kier molecular flexibility index (Phi) is 3.79. The molecule has 0 aromatic rings. The van der Waals surface area contributed by atoms with E-state index in [1.807, 2.05) is 0 Å². The lowest BCUT2D eigenvalue weighted by Crippen LogP contribution is -2.55. The Morgan fingerprint density at radius 3 is 2.87 bits per heavy atom. The number of amides is 3. The number of imide groups is 1. The predicted molar refractivity (Wildman–Crippen MR) is 52.6 cm³/mol. The summed E-state index contributed by atoms with van der Waals surface area (Å²) >= 11 is 0. The summed E-state index contributed by atoms with van der Waals surface area (Å²) in [4.78, 5) is 33.5. The number of hydrogen-bond donors (Lipinski definition) is 3. The van der Waals surface area contributed by atoms with Gasteiger partial charge in [0.25, 0.3) is 0 Å². The Bertz CT molecular complexity index is 290. The molecule has 1 aliphatic heterocycles. The van der Waals surface area contributed by atoms with Gasteiger partial charge in [-0.1, -0.05) is 6.92 Å². The largest absolute Gasteiger partial charge is 0.343 e. The molecule has 3 amide bonds. The number of hydrogen-bond acceptors (Lipinski definition) is 4. The number of carbonyl (C=O) groups is 3. The van der Waals surface area contributed by atoms with Crippen molar-refractivity contribution in [3.8, 4) is 0 Å². The van der Waals surface area contributed by atoms with Gasteiger partial charge in [-0.25, -0.2) is 0 Å². The van der Waals surface area contributed by atoms with Gasteiger partial charge in [-0.3, -0.25) is 19.7 Å². The van der Waals surface area contributed by atoms with Crippen molar-refractivity contribution in [2.24, 2.45) is 5.73 Å². The highest BCUT2D eigenvalue weighted by Gasteiger charge is 2.28. The van der Waals surface area contributed by atoms with Crippen LogP contribution in [0.1, 0.15) is 26.2 Å². The van der Waals surface area contributed by atoms with Crippen molar-refractivity contribution >= 4 is 17.7 Å². The zero-order chi connectivity index (χ0) is 11.4. The number of nitrogens with one attached hydrogen (secondary N) is 2. The minimum absolute atomic E-state index is 0.248. The minimum Gasteiger partial charge on any atom is -0.343 e. The number of nitrogens with two attached hydrogens (primary N) is 1. The van der Waals surface area contributed by atoms with E-state index in [0.29, 0.717) is 12.8 Å². The van der Waals surface area contributed by atoms with Gasteiger partial charge in [-0.2, -0.15) is 0 Å². The summed E-state index contributed by atoms with van der Waals surface area (Å²) in [7, 11) is 0. The van der Waals surface area contributed by atoms with E-state index >= 15 is 0 Å². The van der Waals surface area contributed by atoms with Crippen LogP contribution in [0, 0.1) is 0 Å². The fourth-order valence-corrected chi connectivity index (χ4v) is 1.30. The SMILES string of the molecule is CC[C@@H](N)C(=O)NC1CCC(=O)NC1=O. The van der Waals surface area contributed by atoms with Crippen molar-refractivity contribution in [1.29, 1.82) is 0 Å². The summed E-state index contributed by atoms with van der Waals surface area (Å²) in [5.74, 6) is -1.11. The predicted octanol–water partition coefficient (Wildman–Crippen LogP) is -1.35.